The molecular weight excluding hydrogens is 226 g/mol. The average Bonchev–Trinajstić information content (AvgIpc) is 2.83. The van der Waals surface area contributed by atoms with Crippen LogP contribution in [0, 0.1) is 12.3 Å². The number of hydrogen-bond donors (Lipinski definition) is 2. The molecule has 0 aromatic carbocycles. The molecule has 2 rings (SSSR count). The molecule has 3 unspecified atom stereocenters. The number of nitrogens with one attached hydrogen (secondary N) is 2. The van der Waals surface area contributed by atoms with E-state index >= 15 is 0 Å². The van der Waals surface area contributed by atoms with Gasteiger partial charge in [0.1, 0.15) is 0 Å². The summed E-state index contributed by atoms with van der Waals surface area (Å²) in [6, 6.07) is 1.05. The molecule has 2 aliphatic heterocycles. The molecule has 2 N–H and O–H groups in total. The van der Waals surface area contributed by atoms with E-state index in [0.29, 0.717) is 12.6 Å². The fraction of sp³-hybridized carbons (Fsp3) is 0.786. The van der Waals surface area contributed by atoms with E-state index in [1.807, 2.05) is 6.92 Å². The SMILES string of the molecule is C#CCNC(=O)C(C)NC1CCN2CCCC2C1. The third-order valence-electron chi connectivity index (χ3n) is 4.06. The highest BCUT2D eigenvalue weighted by atomic mass is 16.2. The molecule has 0 radical (unpaired) electrons. The van der Waals surface area contributed by atoms with Crippen molar-refractivity contribution in [2.24, 2.45) is 0 Å². The summed E-state index contributed by atoms with van der Waals surface area (Å²) in [5.74, 6) is 2.42. The number of rotatable bonds is 4. The number of piperidine rings is 1. The number of nitrogens with zero attached hydrogens (tertiary/aromatic N) is 1. The molecule has 4 nitrogen and oxygen atoms in total. The Balaban J connectivity index is 1.76. The lowest BCUT2D eigenvalue weighted by Gasteiger charge is -2.36. The van der Waals surface area contributed by atoms with Crippen LogP contribution in [0.2, 0.25) is 0 Å². The van der Waals surface area contributed by atoms with Crippen molar-refractivity contribution in [1.29, 1.82) is 0 Å². The van der Waals surface area contributed by atoms with Gasteiger partial charge in [0.25, 0.3) is 0 Å². The molecular formula is C14H23N3O. The van der Waals surface area contributed by atoms with Gasteiger partial charge in [0.05, 0.1) is 12.6 Å². The van der Waals surface area contributed by atoms with Gasteiger partial charge in [-0.3, -0.25) is 4.79 Å². The number of hydrogen-bond acceptors (Lipinski definition) is 3. The summed E-state index contributed by atoms with van der Waals surface area (Å²) in [7, 11) is 0. The van der Waals surface area contributed by atoms with Gasteiger partial charge in [0.15, 0.2) is 0 Å². The molecule has 0 saturated carbocycles. The van der Waals surface area contributed by atoms with Crippen molar-refractivity contribution in [2.45, 2.75) is 50.7 Å². The summed E-state index contributed by atoms with van der Waals surface area (Å²) in [5.41, 5.74) is 0. The van der Waals surface area contributed by atoms with Gasteiger partial charge in [-0.15, -0.1) is 6.42 Å². The van der Waals surface area contributed by atoms with E-state index in [9.17, 15) is 4.79 Å². The maximum Gasteiger partial charge on any atom is 0.237 e. The fourth-order valence-electron chi connectivity index (χ4n) is 3.10. The molecule has 0 aromatic rings. The monoisotopic (exact) mass is 249 g/mol. The van der Waals surface area contributed by atoms with Crippen LogP contribution in [0.1, 0.15) is 32.6 Å². The first-order valence-electron chi connectivity index (χ1n) is 6.92. The summed E-state index contributed by atoms with van der Waals surface area (Å²) >= 11 is 0. The fourth-order valence-corrected chi connectivity index (χ4v) is 3.10. The molecule has 2 heterocycles. The predicted octanol–water partition coefficient (Wildman–Crippen LogP) is 0.341. The predicted molar refractivity (Wildman–Crippen MR) is 72.1 cm³/mol. The van der Waals surface area contributed by atoms with Gasteiger partial charge in [-0.2, -0.15) is 0 Å². The lowest BCUT2D eigenvalue weighted by atomic mass is 9.97. The Kier molecular flexibility index (Phi) is 4.62. The Morgan fingerprint density at radius 3 is 3.11 bits per heavy atom. The standard InChI is InChI=1S/C14H23N3O/c1-3-7-15-14(18)11(2)16-12-6-9-17-8-4-5-13(17)10-12/h1,11-13,16H,4-10H2,2H3,(H,15,18). The van der Waals surface area contributed by atoms with Crippen molar-refractivity contribution in [3.8, 4) is 12.3 Å². The van der Waals surface area contributed by atoms with Crippen molar-refractivity contribution < 1.29 is 4.79 Å². The van der Waals surface area contributed by atoms with Crippen molar-refractivity contribution in [3.05, 3.63) is 0 Å². The number of carbonyl (C=O) groups is 1. The molecule has 18 heavy (non-hydrogen) atoms. The average molecular weight is 249 g/mol. The second kappa shape index (κ2) is 6.21. The second-order valence-corrected chi connectivity index (χ2v) is 5.36. The first-order chi connectivity index (χ1) is 8.70. The van der Waals surface area contributed by atoms with Gasteiger partial charge in [0, 0.05) is 12.1 Å². The van der Waals surface area contributed by atoms with Crippen molar-refractivity contribution in [3.63, 3.8) is 0 Å². The Morgan fingerprint density at radius 1 is 1.50 bits per heavy atom. The van der Waals surface area contributed by atoms with Gasteiger partial charge >= 0.3 is 0 Å². The van der Waals surface area contributed by atoms with Crippen LogP contribution in [0.25, 0.3) is 0 Å². The largest absolute Gasteiger partial charge is 0.344 e. The van der Waals surface area contributed by atoms with E-state index in [0.717, 1.165) is 12.5 Å². The van der Waals surface area contributed by atoms with Gasteiger partial charge in [0.2, 0.25) is 5.91 Å². The second-order valence-electron chi connectivity index (χ2n) is 5.36. The number of terminal acetylenes is 1. The Hall–Kier alpha value is -1.05. The molecule has 1 amide bonds. The van der Waals surface area contributed by atoms with Crippen molar-refractivity contribution in [2.75, 3.05) is 19.6 Å². The van der Waals surface area contributed by atoms with Crippen LogP contribution in [-0.4, -0.2) is 48.6 Å². The first-order valence-corrected chi connectivity index (χ1v) is 6.92. The van der Waals surface area contributed by atoms with E-state index in [2.05, 4.69) is 21.5 Å². The molecule has 0 aliphatic carbocycles. The van der Waals surface area contributed by atoms with Gasteiger partial charge in [-0.25, -0.2) is 0 Å². The molecule has 0 aromatic heterocycles. The zero-order chi connectivity index (χ0) is 13.0. The summed E-state index contributed by atoms with van der Waals surface area (Å²) in [5, 5.41) is 6.15. The van der Waals surface area contributed by atoms with Gasteiger partial charge < -0.3 is 15.5 Å². The molecule has 2 saturated heterocycles. The zero-order valence-corrected chi connectivity index (χ0v) is 11.1. The minimum Gasteiger partial charge on any atom is -0.344 e. The Morgan fingerprint density at radius 2 is 2.33 bits per heavy atom. The molecule has 4 heteroatoms. The summed E-state index contributed by atoms with van der Waals surface area (Å²) < 4.78 is 0. The van der Waals surface area contributed by atoms with Crippen LogP contribution >= 0.6 is 0 Å². The molecule has 100 valence electrons. The molecule has 0 bridgehead atoms. The van der Waals surface area contributed by atoms with Gasteiger partial charge in [-0.05, 0) is 45.7 Å². The van der Waals surface area contributed by atoms with E-state index in [4.69, 9.17) is 6.42 Å². The van der Waals surface area contributed by atoms with Crippen molar-refractivity contribution in [1.82, 2.24) is 15.5 Å². The third-order valence-corrected chi connectivity index (χ3v) is 4.06. The van der Waals surface area contributed by atoms with Crippen LogP contribution in [0.4, 0.5) is 0 Å². The maximum absolute atomic E-state index is 11.7. The molecule has 2 aliphatic rings. The van der Waals surface area contributed by atoms with Crippen LogP contribution < -0.4 is 10.6 Å². The van der Waals surface area contributed by atoms with Crippen LogP contribution in [0.15, 0.2) is 0 Å². The normalized spacial score (nSPS) is 29.3. The zero-order valence-electron chi connectivity index (χ0n) is 11.1. The van der Waals surface area contributed by atoms with E-state index in [1.165, 1.54) is 32.4 Å². The van der Waals surface area contributed by atoms with Crippen molar-refractivity contribution >= 4 is 5.91 Å². The van der Waals surface area contributed by atoms with Crippen LogP contribution in [-0.2, 0) is 4.79 Å². The van der Waals surface area contributed by atoms with Gasteiger partial charge in [-0.1, -0.05) is 5.92 Å². The highest BCUT2D eigenvalue weighted by Crippen LogP contribution is 2.26. The lowest BCUT2D eigenvalue weighted by molar-refractivity contribution is -0.122. The number of amides is 1. The highest BCUT2D eigenvalue weighted by molar-refractivity contribution is 5.81. The third kappa shape index (κ3) is 3.24. The summed E-state index contributed by atoms with van der Waals surface area (Å²) in [6.45, 7) is 4.65. The summed E-state index contributed by atoms with van der Waals surface area (Å²) in [6.07, 6.45) is 10.1. The molecule has 0 spiro atoms. The van der Waals surface area contributed by atoms with E-state index in [1.54, 1.807) is 0 Å². The minimum absolute atomic E-state index is 0.00167. The quantitative estimate of drug-likeness (QED) is 0.706. The van der Waals surface area contributed by atoms with Crippen LogP contribution in [0.5, 0.6) is 0 Å². The molecule has 2 fully saturated rings. The van der Waals surface area contributed by atoms with E-state index in [-0.39, 0.29) is 11.9 Å². The first kappa shape index (κ1) is 13.4. The lowest BCUT2D eigenvalue weighted by Crippen LogP contribution is -2.52. The van der Waals surface area contributed by atoms with E-state index < -0.39 is 0 Å². The Bertz CT molecular complexity index is 336. The minimum atomic E-state index is -0.156. The Labute approximate surface area is 109 Å². The number of fused-ring (bicyclic) bond motifs is 1. The highest BCUT2D eigenvalue weighted by Gasteiger charge is 2.32. The molecule has 3 atom stereocenters. The smallest absolute Gasteiger partial charge is 0.237 e. The maximum atomic E-state index is 11.7. The topological polar surface area (TPSA) is 44.4 Å². The van der Waals surface area contributed by atoms with Crippen LogP contribution in [0.3, 0.4) is 0 Å². The number of carbonyl (C=O) groups excluding carboxylic acids is 1. The summed E-state index contributed by atoms with van der Waals surface area (Å²) in [4.78, 5) is 14.3.